The van der Waals surface area contributed by atoms with Crippen LogP contribution in [-0.2, 0) is 9.84 Å². The highest BCUT2D eigenvalue weighted by Gasteiger charge is 2.11. The van der Waals surface area contributed by atoms with Gasteiger partial charge in [0, 0.05) is 18.5 Å². The van der Waals surface area contributed by atoms with Crippen LogP contribution in [0.2, 0.25) is 0 Å². The van der Waals surface area contributed by atoms with Gasteiger partial charge in [-0.25, -0.2) is 18.4 Å². The Labute approximate surface area is 100 Å². The Bertz CT molecular complexity index is 499. The van der Waals surface area contributed by atoms with Crippen molar-refractivity contribution in [3.8, 4) is 0 Å². The lowest BCUT2D eigenvalue weighted by Crippen LogP contribution is -2.30. The molecule has 1 amide bonds. The van der Waals surface area contributed by atoms with Crippen molar-refractivity contribution in [2.45, 2.75) is 13.8 Å². The van der Waals surface area contributed by atoms with Crippen LogP contribution < -0.4 is 5.32 Å². The fourth-order valence-electron chi connectivity index (χ4n) is 1.17. The van der Waals surface area contributed by atoms with E-state index >= 15 is 0 Å². The summed E-state index contributed by atoms with van der Waals surface area (Å²) in [5, 5.41) is 2.53. The van der Waals surface area contributed by atoms with E-state index in [0.29, 0.717) is 11.3 Å². The highest BCUT2D eigenvalue weighted by molar-refractivity contribution is 7.91. The molecule has 17 heavy (non-hydrogen) atoms. The number of rotatable bonds is 5. The van der Waals surface area contributed by atoms with E-state index in [1.807, 2.05) is 0 Å². The Morgan fingerprint density at radius 1 is 1.47 bits per heavy atom. The Hall–Kier alpha value is -1.50. The van der Waals surface area contributed by atoms with E-state index in [1.54, 1.807) is 13.8 Å². The zero-order chi connectivity index (χ0) is 12.9. The molecule has 0 aromatic carbocycles. The van der Waals surface area contributed by atoms with Crippen molar-refractivity contribution in [3.05, 3.63) is 23.8 Å². The van der Waals surface area contributed by atoms with Gasteiger partial charge >= 0.3 is 0 Å². The molecule has 0 atom stereocenters. The average molecular weight is 257 g/mol. The summed E-state index contributed by atoms with van der Waals surface area (Å²) < 4.78 is 22.4. The van der Waals surface area contributed by atoms with Gasteiger partial charge in [-0.15, -0.1) is 0 Å². The van der Waals surface area contributed by atoms with Crippen LogP contribution in [0.1, 0.15) is 23.0 Å². The van der Waals surface area contributed by atoms with Crippen LogP contribution in [0, 0.1) is 6.92 Å². The lowest BCUT2D eigenvalue weighted by Gasteiger charge is -2.06. The van der Waals surface area contributed by atoms with Crippen molar-refractivity contribution in [2.24, 2.45) is 0 Å². The number of carbonyl (C=O) groups excluding carboxylic acids is 1. The number of sulfone groups is 1. The molecule has 0 aliphatic carbocycles. The van der Waals surface area contributed by atoms with Crippen molar-refractivity contribution >= 4 is 15.7 Å². The van der Waals surface area contributed by atoms with E-state index < -0.39 is 9.84 Å². The first-order valence-electron chi connectivity index (χ1n) is 5.21. The SMILES string of the molecule is CCS(=O)(=O)CCNC(=O)c1cncnc1C. The molecule has 0 saturated carbocycles. The van der Waals surface area contributed by atoms with Crippen LogP contribution in [0.3, 0.4) is 0 Å². The van der Waals surface area contributed by atoms with Crippen molar-refractivity contribution in [1.29, 1.82) is 0 Å². The first kappa shape index (κ1) is 13.6. The van der Waals surface area contributed by atoms with E-state index in [0.717, 1.165) is 0 Å². The van der Waals surface area contributed by atoms with E-state index in [-0.39, 0.29) is 24.0 Å². The average Bonchev–Trinajstić information content (AvgIpc) is 2.29. The lowest BCUT2D eigenvalue weighted by atomic mass is 10.2. The van der Waals surface area contributed by atoms with Crippen LogP contribution in [-0.4, -0.2) is 42.3 Å². The maximum Gasteiger partial charge on any atom is 0.254 e. The minimum Gasteiger partial charge on any atom is -0.351 e. The molecule has 0 aliphatic heterocycles. The normalized spacial score (nSPS) is 11.2. The molecule has 1 heterocycles. The van der Waals surface area contributed by atoms with Gasteiger partial charge in [0.05, 0.1) is 17.0 Å². The summed E-state index contributed by atoms with van der Waals surface area (Å²) in [6, 6.07) is 0. The fraction of sp³-hybridized carbons (Fsp3) is 0.500. The van der Waals surface area contributed by atoms with Crippen LogP contribution in [0.5, 0.6) is 0 Å². The predicted octanol–water partition coefficient (Wildman–Crippen LogP) is -0.0505. The molecule has 6 nitrogen and oxygen atoms in total. The smallest absolute Gasteiger partial charge is 0.254 e. The summed E-state index contributed by atoms with van der Waals surface area (Å²) in [4.78, 5) is 19.3. The summed E-state index contributed by atoms with van der Waals surface area (Å²) in [7, 11) is -3.05. The van der Waals surface area contributed by atoms with Gasteiger partial charge in [-0.2, -0.15) is 0 Å². The quantitative estimate of drug-likeness (QED) is 0.798. The maximum absolute atomic E-state index is 11.7. The predicted molar refractivity (Wildman–Crippen MR) is 63.4 cm³/mol. The topological polar surface area (TPSA) is 89.0 Å². The second-order valence-electron chi connectivity index (χ2n) is 3.51. The van der Waals surface area contributed by atoms with Gasteiger partial charge in [0.15, 0.2) is 9.84 Å². The molecule has 0 saturated heterocycles. The number of hydrogen-bond acceptors (Lipinski definition) is 5. The van der Waals surface area contributed by atoms with E-state index in [1.165, 1.54) is 12.5 Å². The molecule has 0 fully saturated rings. The lowest BCUT2D eigenvalue weighted by molar-refractivity contribution is 0.0954. The zero-order valence-corrected chi connectivity index (χ0v) is 10.6. The number of aromatic nitrogens is 2. The standard InChI is InChI=1S/C10H15N3O3S/c1-3-17(15,16)5-4-12-10(14)9-6-11-7-13-8(9)2/h6-7H,3-5H2,1-2H3,(H,12,14). The van der Waals surface area contributed by atoms with Crippen molar-refractivity contribution in [3.63, 3.8) is 0 Å². The number of carbonyl (C=O) groups is 1. The van der Waals surface area contributed by atoms with E-state index in [9.17, 15) is 13.2 Å². The fourth-order valence-corrected chi connectivity index (χ4v) is 1.88. The molecule has 1 N–H and O–H groups in total. The number of amides is 1. The Kier molecular flexibility index (Phi) is 4.56. The van der Waals surface area contributed by atoms with Crippen molar-refractivity contribution < 1.29 is 13.2 Å². The number of hydrogen-bond donors (Lipinski definition) is 1. The molecule has 0 bridgehead atoms. The molecule has 1 aromatic rings. The summed E-state index contributed by atoms with van der Waals surface area (Å²) in [5.41, 5.74) is 0.928. The zero-order valence-electron chi connectivity index (χ0n) is 9.80. The molecule has 1 rings (SSSR count). The Balaban J connectivity index is 2.55. The van der Waals surface area contributed by atoms with Gasteiger partial charge in [0.2, 0.25) is 0 Å². The van der Waals surface area contributed by atoms with E-state index in [4.69, 9.17) is 0 Å². The summed E-state index contributed by atoms with van der Waals surface area (Å²) in [6.07, 6.45) is 2.76. The third kappa shape index (κ3) is 4.10. The minimum absolute atomic E-state index is 0.0536. The second-order valence-corrected chi connectivity index (χ2v) is 5.99. The minimum atomic E-state index is -3.05. The van der Waals surface area contributed by atoms with Gasteiger partial charge in [0.1, 0.15) is 6.33 Å². The van der Waals surface area contributed by atoms with Gasteiger partial charge < -0.3 is 5.32 Å². The van der Waals surface area contributed by atoms with Crippen molar-refractivity contribution in [2.75, 3.05) is 18.1 Å². The first-order valence-corrected chi connectivity index (χ1v) is 7.03. The van der Waals surface area contributed by atoms with Gasteiger partial charge in [-0.05, 0) is 6.92 Å². The highest BCUT2D eigenvalue weighted by Crippen LogP contribution is 2.00. The van der Waals surface area contributed by atoms with Crippen LogP contribution in [0.25, 0.3) is 0 Å². The molecule has 0 aliphatic rings. The monoisotopic (exact) mass is 257 g/mol. The van der Waals surface area contributed by atoms with Gasteiger partial charge in [-0.1, -0.05) is 6.92 Å². The maximum atomic E-state index is 11.7. The molecule has 1 aromatic heterocycles. The largest absolute Gasteiger partial charge is 0.351 e. The molecule has 94 valence electrons. The Morgan fingerprint density at radius 2 is 2.18 bits per heavy atom. The summed E-state index contributed by atoms with van der Waals surface area (Å²) in [6.45, 7) is 3.37. The number of nitrogens with one attached hydrogen (secondary N) is 1. The summed E-state index contributed by atoms with van der Waals surface area (Å²) >= 11 is 0. The third-order valence-electron chi connectivity index (χ3n) is 2.29. The van der Waals surface area contributed by atoms with Crippen LogP contribution >= 0.6 is 0 Å². The first-order chi connectivity index (χ1) is 7.96. The van der Waals surface area contributed by atoms with Crippen molar-refractivity contribution in [1.82, 2.24) is 15.3 Å². The second kappa shape index (κ2) is 5.72. The molecule has 0 unspecified atom stereocenters. The van der Waals surface area contributed by atoms with Gasteiger partial charge in [-0.3, -0.25) is 4.79 Å². The Morgan fingerprint density at radius 3 is 2.76 bits per heavy atom. The van der Waals surface area contributed by atoms with Crippen LogP contribution in [0.15, 0.2) is 12.5 Å². The number of aryl methyl sites for hydroxylation is 1. The molecule has 0 spiro atoms. The van der Waals surface area contributed by atoms with E-state index in [2.05, 4.69) is 15.3 Å². The molecular weight excluding hydrogens is 242 g/mol. The number of nitrogens with zero attached hydrogens (tertiary/aromatic N) is 2. The summed E-state index contributed by atoms with van der Waals surface area (Å²) in [5.74, 6) is -0.326. The van der Waals surface area contributed by atoms with Gasteiger partial charge in [0.25, 0.3) is 5.91 Å². The third-order valence-corrected chi connectivity index (χ3v) is 4.00. The molecular formula is C10H15N3O3S. The highest BCUT2D eigenvalue weighted by atomic mass is 32.2. The molecule has 0 radical (unpaired) electrons. The van der Waals surface area contributed by atoms with Crippen LogP contribution in [0.4, 0.5) is 0 Å². The molecule has 7 heteroatoms.